The van der Waals surface area contributed by atoms with Crippen LogP contribution in [0.25, 0.3) is 0 Å². The summed E-state index contributed by atoms with van der Waals surface area (Å²) in [5, 5.41) is 8.36. The molecular weight excluding hydrogens is 116 g/mol. The van der Waals surface area contributed by atoms with E-state index in [1.165, 1.54) is 0 Å². The van der Waals surface area contributed by atoms with Crippen LogP contribution in [0, 0.1) is 11.3 Å². The Morgan fingerprint density at radius 2 is 2.67 bits per heavy atom. The molecule has 0 aromatic heterocycles. The fourth-order valence-corrected chi connectivity index (χ4v) is 1.37. The standard InChI is InChI=1S/C6H8N2O/c7-2-1-6-5-8(6)3-4-9-6/h1,3-5H2. The van der Waals surface area contributed by atoms with E-state index in [0.717, 1.165) is 19.7 Å². The van der Waals surface area contributed by atoms with Gasteiger partial charge in [0.25, 0.3) is 0 Å². The minimum absolute atomic E-state index is 0.116. The molecule has 48 valence electrons. The van der Waals surface area contributed by atoms with Crippen LogP contribution in [-0.2, 0) is 4.74 Å². The minimum atomic E-state index is -0.116. The molecule has 2 atom stereocenters. The fourth-order valence-electron chi connectivity index (χ4n) is 1.37. The van der Waals surface area contributed by atoms with Crippen LogP contribution in [0.3, 0.4) is 0 Å². The van der Waals surface area contributed by atoms with E-state index in [1.54, 1.807) is 0 Å². The highest BCUT2D eigenvalue weighted by atomic mass is 16.5. The maximum Gasteiger partial charge on any atom is 0.147 e. The Balaban J connectivity index is 2.04. The van der Waals surface area contributed by atoms with Crippen molar-refractivity contribution in [1.29, 1.82) is 5.26 Å². The van der Waals surface area contributed by atoms with Crippen LogP contribution in [0.4, 0.5) is 0 Å². The van der Waals surface area contributed by atoms with E-state index in [9.17, 15) is 0 Å². The molecule has 0 amide bonds. The lowest BCUT2D eigenvalue weighted by atomic mass is 10.3. The molecule has 0 radical (unpaired) electrons. The van der Waals surface area contributed by atoms with Crippen molar-refractivity contribution < 1.29 is 4.74 Å². The maximum absolute atomic E-state index is 8.36. The lowest BCUT2D eigenvalue weighted by Crippen LogP contribution is -2.12. The summed E-state index contributed by atoms with van der Waals surface area (Å²) in [5.41, 5.74) is -0.116. The monoisotopic (exact) mass is 124 g/mol. The van der Waals surface area contributed by atoms with Gasteiger partial charge in [-0.05, 0) is 0 Å². The van der Waals surface area contributed by atoms with Gasteiger partial charge in [-0.3, -0.25) is 4.90 Å². The number of ether oxygens (including phenoxy) is 1. The maximum atomic E-state index is 8.36. The Labute approximate surface area is 53.8 Å². The first-order chi connectivity index (χ1) is 4.37. The molecule has 0 aliphatic carbocycles. The van der Waals surface area contributed by atoms with Gasteiger partial charge in [-0.1, -0.05) is 0 Å². The van der Waals surface area contributed by atoms with Gasteiger partial charge in [0.15, 0.2) is 0 Å². The van der Waals surface area contributed by atoms with E-state index in [1.807, 2.05) is 0 Å². The summed E-state index contributed by atoms with van der Waals surface area (Å²) >= 11 is 0. The smallest absolute Gasteiger partial charge is 0.147 e. The lowest BCUT2D eigenvalue weighted by Gasteiger charge is -2.02. The quantitative estimate of drug-likeness (QED) is 0.459. The molecule has 0 aromatic carbocycles. The summed E-state index contributed by atoms with van der Waals surface area (Å²) in [6, 6.07) is 2.13. The third kappa shape index (κ3) is 0.576. The summed E-state index contributed by atoms with van der Waals surface area (Å²) in [4.78, 5) is 2.19. The number of nitrogens with zero attached hydrogens (tertiary/aromatic N) is 2. The SMILES string of the molecule is N#CCC12CN1CCO2. The zero-order valence-electron chi connectivity index (χ0n) is 5.13. The molecule has 0 aromatic rings. The molecule has 2 rings (SSSR count). The lowest BCUT2D eigenvalue weighted by molar-refractivity contribution is 0.0649. The molecule has 0 bridgehead atoms. The molecule has 3 heteroatoms. The molecule has 2 aliphatic rings. The van der Waals surface area contributed by atoms with Gasteiger partial charge in [0.05, 0.1) is 19.1 Å². The molecule has 3 nitrogen and oxygen atoms in total. The van der Waals surface area contributed by atoms with Crippen LogP contribution in [0.5, 0.6) is 0 Å². The van der Waals surface area contributed by atoms with Crippen LogP contribution in [0.15, 0.2) is 0 Å². The molecule has 2 fully saturated rings. The molecule has 2 unspecified atom stereocenters. The average molecular weight is 124 g/mol. The summed E-state index contributed by atoms with van der Waals surface area (Å²) < 4.78 is 5.36. The fraction of sp³-hybridized carbons (Fsp3) is 0.833. The second-order valence-electron chi connectivity index (χ2n) is 2.55. The third-order valence-electron chi connectivity index (χ3n) is 2.00. The highest BCUT2D eigenvalue weighted by Crippen LogP contribution is 2.40. The van der Waals surface area contributed by atoms with Crippen molar-refractivity contribution >= 4 is 0 Å². The zero-order chi connectivity index (χ0) is 6.32. The van der Waals surface area contributed by atoms with Crippen LogP contribution in [0.2, 0.25) is 0 Å². The van der Waals surface area contributed by atoms with E-state index in [-0.39, 0.29) is 5.72 Å². The van der Waals surface area contributed by atoms with Crippen LogP contribution < -0.4 is 0 Å². The number of fused-ring (bicyclic) bond motifs is 1. The Morgan fingerprint density at radius 3 is 3.11 bits per heavy atom. The molecule has 0 spiro atoms. The van der Waals surface area contributed by atoms with Crippen LogP contribution >= 0.6 is 0 Å². The van der Waals surface area contributed by atoms with Crippen molar-refractivity contribution in [3.8, 4) is 6.07 Å². The molecule has 2 heterocycles. The van der Waals surface area contributed by atoms with Gasteiger partial charge in [0.1, 0.15) is 5.72 Å². The average Bonchev–Trinajstić information content (AvgIpc) is 2.37. The highest BCUT2D eigenvalue weighted by Gasteiger charge is 2.56. The van der Waals surface area contributed by atoms with E-state index < -0.39 is 0 Å². The molecule has 0 N–H and O–H groups in total. The second kappa shape index (κ2) is 1.47. The first kappa shape index (κ1) is 5.21. The largest absolute Gasteiger partial charge is 0.357 e. The predicted octanol–water partition coefficient (Wildman–Crippen LogP) is -0.0578. The van der Waals surface area contributed by atoms with Crippen molar-refractivity contribution in [3.63, 3.8) is 0 Å². The first-order valence-corrected chi connectivity index (χ1v) is 3.13. The van der Waals surface area contributed by atoms with E-state index in [2.05, 4.69) is 11.0 Å². The number of hydrogen-bond donors (Lipinski definition) is 0. The second-order valence-corrected chi connectivity index (χ2v) is 2.55. The molecular formula is C6H8N2O. The topological polar surface area (TPSA) is 36.0 Å². The highest BCUT2D eigenvalue weighted by molar-refractivity contribution is 5.07. The molecule has 2 aliphatic heterocycles. The zero-order valence-corrected chi connectivity index (χ0v) is 5.13. The number of nitriles is 1. The van der Waals surface area contributed by atoms with Crippen molar-refractivity contribution in [2.24, 2.45) is 0 Å². The van der Waals surface area contributed by atoms with E-state index >= 15 is 0 Å². The van der Waals surface area contributed by atoms with Crippen molar-refractivity contribution in [2.45, 2.75) is 12.1 Å². The van der Waals surface area contributed by atoms with Gasteiger partial charge >= 0.3 is 0 Å². The van der Waals surface area contributed by atoms with E-state index in [0.29, 0.717) is 6.42 Å². The van der Waals surface area contributed by atoms with Gasteiger partial charge in [0.2, 0.25) is 0 Å². The van der Waals surface area contributed by atoms with Crippen molar-refractivity contribution in [1.82, 2.24) is 4.90 Å². The number of morpholine rings is 1. The summed E-state index contributed by atoms with van der Waals surface area (Å²) in [6.07, 6.45) is 0.535. The summed E-state index contributed by atoms with van der Waals surface area (Å²) in [5.74, 6) is 0. The van der Waals surface area contributed by atoms with Crippen LogP contribution in [-0.4, -0.2) is 30.3 Å². The molecule has 2 saturated heterocycles. The van der Waals surface area contributed by atoms with E-state index in [4.69, 9.17) is 10.00 Å². The summed E-state index contributed by atoms with van der Waals surface area (Å²) in [6.45, 7) is 2.80. The van der Waals surface area contributed by atoms with Crippen molar-refractivity contribution in [3.05, 3.63) is 0 Å². The van der Waals surface area contributed by atoms with Crippen molar-refractivity contribution in [2.75, 3.05) is 19.7 Å². The minimum Gasteiger partial charge on any atom is -0.357 e. The third-order valence-corrected chi connectivity index (χ3v) is 2.00. The van der Waals surface area contributed by atoms with Crippen LogP contribution in [0.1, 0.15) is 6.42 Å². The normalized spacial score (nSPS) is 45.9. The Bertz CT molecular complexity index is 174. The predicted molar refractivity (Wildman–Crippen MR) is 30.5 cm³/mol. The van der Waals surface area contributed by atoms with Gasteiger partial charge in [-0.25, -0.2) is 0 Å². The van der Waals surface area contributed by atoms with Gasteiger partial charge < -0.3 is 4.74 Å². The summed E-state index contributed by atoms with van der Waals surface area (Å²) in [7, 11) is 0. The van der Waals surface area contributed by atoms with Gasteiger partial charge in [-0.2, -0.15) is 5.26 Å². The number of hydrogen-bond acceptors (Lipinski definition) is 3. The Kier molecular flexibility index (Phi) is 0.850. The Hall–Kier alpha value is -0.590. The molecule has 9 heavy (non-hydrogen) atoms. The molecule has 0 saturated carbocycles. The van der Waals surface area contributed by atoms with Gasteiger partial charge in [0, 0.05) is 13.1 Å². The Morgan fingerprint density at radius 1 is 1.78 bits per heavy atom. The first-order valence-electron chi connectivity index (χ1n) is 3.13. The number of rotatable bonds is 1. The van der Waals surface area contributed by atoms with Gasteiger partial charge in [-0.15, -0.1) is 0 Å².